The molecule has 0 aliphatic heterocycles. The number of hydrogen-bond acceptors (Lipinski definition) is 4. The van der Waals surface area contributed by atoms with Crippen LogP contribution in [-0.2, 0) is 11.2 Å². The largest absolute Gasteiger partial charge is 0.493 e. The first-order valence-corrected chi connectivity index (χ1v) is 6.43. The van der Waals surface area contributed by atoms with E-state index in [1.54, 1.807) is 0 Å². The molecule has 0 aliphatic rings. The highest BCUT2D eigenvalue weighted by molar-refractivity contribution is 5.97. The SMILES string of the molecule is CC.COc1c(F)cc(CC(N)C(=O)O)c(C)c1C(N)=O. The standard InChI is InChI=1S/C12H15FN2O4.C2H6/c1-5-6(4-8(14)12(17)18)3-7(13)10(19-2)9(5)11(15)16;1-2/h3,8H,4,14H2,1-2H3,(H2,15,16)(H,17,18);1-2H3. The Bertz CT molecular complexity index is 532. The van der Waals surface area contributed by atoms with Crippen molar-refractivity contribution in [3.05, 3.63) is 28.6 Å². The molecule has 1 rings (SSSR count). The molecular weight excluding hydrogens is 279 g/mol. The number of rotatable bonds is 5. The Kier molecular flexibility index (Phi) is 7.37. The molecule has 0 heterocycles. The summed E-state index contributed by atoms with van der Waals surface area (Å²) in [5.41, 5.74) is 11.1. The Hall–Kier alpha value is -2.15. The molecule has 6 nitrogen and oxygen atoms in total. The van der Waals surface area contributed by atoms with E-state index >= 15 is 0 Å². The molecule has 7 heteroatoms. The number of carbonyl (C=O) groups is 2. The van der Waals surface area contributed by atoms with Crippen LogP contribution in [0.15, 0.2) is 6.07 Å². The van der Waals surface area contributed by atoms with E-state index in [0.29, 0.717) is 11.1 Å². The van der Waals surface area contributed by atoms with Crippen molar-refractivity contribution in [2.75, 3.05) is 7.11 Å². The van der Waals surface area contributed by atoms with Crippen molar-refractivity contribution in [2.24, 2.45) is 11.5 Å². The molecule has 0 saturated heterocycles. The van der Waals surface area contributed by atoms with Crippen LogP contribution < -0.4 is 16.2 Å². The monoisotopic (exact) mass is 300 g/mol. The lowest BCUT2D eigenvalue weighted by Crippen LogP contribution is -2.32. The molecule has 1 aromatic carbocycles. The Balaban J connectivity index is 0.00000191. The van der Waals surface area contributed by atoms with E-state index in [1.807, 2.05) is 13.8 Å². The number of nitrogens with two attached hydrogens (primary N) is 2. The Morgan fingerprint density at radius 1 is 1.43 bits per heavy atom. The summed E-state index contributed by atoms with van der Waals surface area (Å²) >= 11 is 0. The number of amides is 1. The van der Waals surface area contributed by atoms with Crippen molar-refractivity contribution in [2.45, 2.75) is 33.2 Å². The fraction of sp³-hybridized carbons (Fsp3) is 0.429. The van der Waals surface area contributed by atoms with E-state index in [2.05, 4.69) is 0 Å². The first-order valence-electron chi connectivity index (χ1n) is 6.43. The number of halogens is 1. The Morgan fingerprint density at radius 2 is 1.95 bits per heavy atom. The van der Waals surface area contributed by atoms with Crippen LogP contribution in [0, 0.1) is 12.7 Å². The van der Waals surface area contributed by atoms with Gasteiger partial charge in [-0.05, 0) is 30.5 Å². The third-order valence-corrected chi connectivity index (χ3v) is 2.81. The summed E-state index contributed by atoms with van der Waals surface area (Å²) in [6.07, 6.45) is -0.109. The third kappa shape index (κ3) is 4.42. The van der Waals surface area contributed by atoms with Crippen LogP contribution in [0.3, 0.4) is 0 Å². The smallest absolute Gasteiger partial charge is 0.320 e. The van der Waals surface area contributed by atoms with E-state index in [4.69, 9.17) is 21.3 Å². The number of benzene rings is 1. The topological polar surface area (TPSA) is 116 Å². The average Bonchev–Trinajstić information content (AvgIpc) is 2.43. The molecule has 0 aliphatic carbocycles. The molecule has 1 unspecified atom stereocenters. The van der Waals surface area contributed by atoms with E-state index < -0.39 is 23.7 Å². The maximum atomic E-state index is 13.8. The fourth-order valence-electron chi connectivity index (χ4n) is 1.81. The summed E-state index contributed by atoms with van der Waals surface area (Å²) in [4.78, 5) is 22.1. The lowest BCUT2D eigenvalue weighted by molar-refractivity contribution is -0.138. The molecule has 0 spiro atoms. The van der Waals surface area contributed by atoms with Crippen LogP contribution in [0.5, 0.6) is 5.75 Å². The number of primary amides is 1. The van der Waals surface area contributed by atoms with Gasteiger partial charge in [-0.25, -0.2) is 4.39 Å². The lowest BCUT2D eigenvalue weighted by Gasteiger charge is -2.15. The summed E-state index contributed by atoms with van der Waals surface area (Å²) in [6, 6.07) is -0.0872. The molecule has 118 valence electrons. The van der Waals surface area contributed by atoms with Crippen molar-refractivity contribution in [3.63, 3.8) is 0 Å². The molecule has 1 aromatic rings. The van der Waals surface area contributed by atoms with Gasteiger partial charge >= 0.3 is 5.97 Å². The van der Waals surface area contributed by atoms with Crippen LogP contribution in [0.2, 0.25) is 0 Å². The van der Waals surface area contributed by atoms with E-state index in [1.165, 1.54) is 14.0 Å². The Morgan fingerprint density at radius 3 is 2.33 bits per heavy atom. The predicted molar refractivity (Wildman–Crippen MR) is 76.9 cm³/mol. The molecule has 5 N–H and O–H groups in total. The minimum Gasteiger partial charge on any atom is -0.493 e. The van der Waals surface area contributed by atoms with Crippen LogP contribution in [0.25, 0.3) is 0 Å². The predicted octanol–water partition coefficient (Wildman–Crippen LogP) is 1.22. The van der Waals surface area contributed by atoms with Gasteiger partial charge in [0.15, 0.2) is 11.6 Å². The molecule has 0 fully saturated rings. The average molecular weight is 300 g/mol. The van der Waals surface area contributed by atoms with Gasteiger partial charge in [-0.15, -0.1) is 0 Å². The van der Waals surface area contributed by atoms with Crippen LogP contribution >= 0.6 is 0 Å². The number of methoxy groups -OCH3 is 1. The number of hydrogen-bond donors (Lipinski definition) is 3. The number of carbonyl (C=O) groups excluding carboxylic acids is 1. The van der Waals surface area contributed by atoms with Gasteiger partial charge in [-0.2, -0.15) is 0 Å². The van der Waals surface area contributed by atoms with Gasteiger partial charge in [0, 0.05) is 0 Å². The second kappa shape index (κ2) is 8.21. The third-order valence-electron chi connectivity index (χ3n) is 2.81. The van der Waals surface area contributed by atoms with Gasteiger partial charge in [0.25, 0.3) is 5.91 Å². The Labute approximate surface area is 122 Å². The van der Waals surface area contributed by atoms with E-state index in [9.17, 15) is 14.0 Å². The number of carboxylic acid groups (broad SMARTS) is 1. The maximum Gasteiger partial charge on any atom is 0.320 e. The molecule has 21 heavy (non-hydrogen) atoms. The van der Waals surface area contributed by atoms with Gasteiger partial charge in [0.2, 0.25) is 0 Å². The zero-order valence-electron chi connectivity index (χ0n) is 12.6. The number of aliphatic carboxylic acids is 1. The van der Waals surface area contributed by atoms with Crippen molar-refractivity contribution < 1.29 is 23.8 Å². The summed E-state index contributed by atoms with van der Waals surface area (Å²) in [7, 11) is 1.22. The van der Waals surface area contributed by atoms with Gasteiger partial charge < -0.3 is 21.3 Å². The quantitative estimate of drug-likeness (QED) is 0.756. The maximum absolute atomic E-state index is 13.8. The zero-order chi connectivity index (χ0) is 16.7. The molecule has 0 saturated carbocycles. The summed E-state index contributed by atoms with van der Waals surface area (Å²) < 4.78 is 18.6. The highest BCUT2D eigenvalue weighted by atomic mass is 19.1. The first kappa shape index (κ1) is 18.9. The summed E-state index contributed by atoms with van der Waals surface area (Å²) in [5, 5.41) is 8.75. The zero-order valence-corrected chi connectivity index (χ0v) is 12.6. The van der Waals surface area contributed by atoms with Gasteiger partial charge in [0.05, 0.1) is 12.7 Å². The van der Waals surface area contributed by atoms with Crippen molar-refractivity contribution in [3.8, 4) is 5.75 Å². The molecule has 0 aromatic heterocycles. The first-order chi connectivity index (χ1) is 9.79. The normalized spacial score (nSPS) is 11.1. The fourth-order valence-corrected chi connectivity index (χ4v) is 1.81. The lowest BCUT2D eigenvalue weighted by atomic mass is 9.95. The molecule has 1 amide bonds. The van der Waals surface area contributed by atoms with Crippen molar-refractivity contribution in [1.29, 1.82) is 0 Å². The second-order valence-electron chi connectivity index (χ2n) is 4.06. The van der Waals surface area contributed by atoms with Crippen molar-refractivity contribution >= 4 is 11.9 Å². The van der Waals surface area contributed by atoms with Crippen LogP contribution in [0.4, 0.5) is 4.39 Å². The minimum absolute atomic E-state index is 0.102. The molecular formula is C14H21FN2O4. The molecule has 0 bridgehead atoms. The minimum atomic E-state index is -1.21. The van der Waals surface area contributed by atoms with Crippen molar-refractivity contribution in [1.82, 2.24) is 0 Å². The van der Waals surface area contributed by atoms with E-state index in [0.717, 1.165) is 6.07 Å². The number of ether oxygens (including phenoxy) is 1. The summed E-state index contributed by atoms with van der Waals surface area (Å²) in [6.45, 7) is 5.53. The highest BCUT2D eigenvalue weighted by Gasteiger charge is 2.22. The molecule has 1 atom stereocenters. The molecule has 0 radical (unpaired) electrons. The second-order valence-corrected chi connectivity index (χ2v) is 4.06. The van der Waals surface area contributed by atoms with Gasteiger partial charge in [0.1, 0.15) is 6.04 Å². The van der Waals surface area contributed by atoms with E-state index in [-0.39, 0.29) is 17.7 Å². The van der Waals surface area contributed by atoms with Crippen LogP contribution in [-0.4, -0.2) is 30.1 Å². The van der Waals surface area contributed by atoms with Gasteiger partial charge in [-0.3, -0.25) is 9.59 Å². The number of carboxylic acids is 1. The highest BCUT2D eigenvalue weighted by Crippen LogP contribution is 2.29. The van der Waals surface area contributed by atoms with Crippen LogP contribution in [0.1, 0.15) is 35.3 Å². The van der Waals surface area contributed by atoms with Gasteiger partial charge in [-0.1, -0.05) is 13.8 Å². The summed E-state index contributed by atoms with van der Waals surface area (Å²) in [5.74, 6) is -3.10.